The highest BCUT2D eigenvalue weighted by atomic mass is 31.2. The van der Waals surface area contributed by atoms with Gasteiger partial charge in [0.05, 0.1) is 6.16 Å². The second kappa shape index (κ2) is 6.66. The van der Waals surface area contributed by atoms with Crippen LogP contribution in [0.3, 0.4) is 0 Å². The summed E-state index contributed by atoms with van der Waals surface area (Å²) in [5, 5.41) is 8.81. The van der Waals surface area contributed by atoms with Crippen LogP contribution in [0.15, 0.2) is 0 Å². The zero-order valence-electron chi connectivity index (χ0n) is 10.4. The van der Waals surface area contributed by atoms with Gasteiger partial charge in [-0.2, -0.15) is 0 Å². The van der Waals surface area contributed by atoms with E-state index in [4.69, 9.17) is 20.6 Å². The first-order valence-electron chi connectivity index (χ1n) is 6.32. The van der Waals surface area contributed by atoms with Crippen molar-refractivity contribution in [2.24, 2.45) is 17.6 Å². The van der Waals surface area contributed by atoms with E-state index in [0.717, 1.165) is 25.7 Å². The highest BCUT2D eigenvalue weighted by Gasteiger charge is 2.30. The number of nitrogens with two attached hydrogens (primary N) is 1. The highest BCUT2D eigenvalue weighted by molar-refractivity contribution is 7.51. The van der Waals surface area contributed by atoms with Crippen molar-refractivity contribution >= 4 is 13.6 Å². The molecule has 0 spiro atoms. The monoisotopic (exact) mass is 279 g/mol. The van der Waals surface area contributed by atoms with Crippen LogP contribution < -0.4 is 5.73 Å². The van der Waals surface area contributed by atoms with Gasteiger partial charge in [-0.15, -0.1) is 0 Å². The average Bonchev–Trinajstić information content (AvgIpc) is 2.26. The Kier molecular flexibility index (Phi) is 5.79. The summed E-state index contributed by atoms with van der Waals surface area (Å²) in [4.78, 5) is 28.5. The Morgan fingerprint density at radius 3 is 2.33 bits per heavy atom. The zero-order valence-corrected chi connectivity index (χ0v) is 11.3. The molecule has 18 heavy (non-hydrogen) atoms. The van der Waals surface area contributed by atoms with Crippen molar-refractivity contribution in [1.29, 1.82) is 0 Å². The Bertz CT molecular complexity index is 329. The van der Waals surface area contributed by atoms with Gasteiger partial charge >= 0.3 is 13.6 Å². The van der Waals surface area contributed by atoms with Crippen molar-refractivity contribution in [1.82, 2.24) is 0 Å². The molecule has 1 aliphatic rings. The number of aliphatic carboxylic acids is 1. The van der Waals surface area contributed by atoms with Crippen LogP contribution >= 0.6 is 7.60 Å². The fourth-order valence-electron chi connectivity index (χ4n) is 2.74. The lowest BCUT2D eigenvalue weighted by atomic mass is 9.75. The summed E-state index contributed by atoms with van der Waals surface area (Å²) in [6.07, 6.45) is 4.66. The lowest BCUT2D eigenvalue weighted by Crippen LogP contribution is -2.35. The van der Waals surface area contributed by atoms with E-state index in [1.807, 2.05) is 0 Å². The van der Waals surface area contributed by atoms with E-state index >= 15 is 0 Å². The van der Waals surface area contributed by atoms with Gasteiger partial charge in [-0.25, -0.2) is 0 Å². The maximum atomic E-state index is 10.9. The van der Waals surface area contributed by atoms with E-state index < -0.39 is 19.6 Å². The third-order valence-electron chi connectivity index (χ3n) is 3.73. The molecule has 0 bridgehead atoms. The normalized spacial score (nSPS) is 26.8. The van der Waals surface area contributed by atoms with Crippen LogP contribution in [0, 0.1) is 11.8 Å². The van der Waals surface area contributed by atoms with Gasteiger partial charge in [-0.3, -0.25) is 9.36 Å². The largest absolute Gasteiger partial charge is 0.480 e. The topological polar surface area (TPSA) is 121 Å². The summed E-state index contributed by atoms with van der Waals surface area (Å²) < 4.78 is 10.9. The van der Waals surface area contributed by atoms with Gasteiger partial charge in [0.1, 0.15) is 6.04 Å². The van der Waals surface area contributed by atoms with Crippen LogP contribution in [0.25, 0.3) is 0 Å². The third-order valence-corrected chi connectivity index (χ3v) is 4.57. The molecular weight excluding hydrogens is 257 g/mol. The van der Waals surface area contributed by atoms with Crippen molar-refractivity contribution in [3.8, 4) is 0 Å². The molecule has 0 saturated heterocycles. The summed E-state index contributed by atoms with van der Waals surface area (Å²) in [5.41, 5.74) is 5.54. The van der Waals surface area contributed by atoms with Gasteiger partial charge < -0.3 is 20.6 Å². The van der Waals surface area contributed by atoms with Crippen molar-refractivity contribution in [2.75, 3.05) is 6.16 Å². The first-order valence-corrected chi connectivity index (χ1v) is 8.12. The first kappa shape index (κ1) is 15.6. The first-order chi connectivity index (χ1) is 8.29. The van der Waals surface area contributed by atoms with E-state index in [9.17, 15) is 9.36 Å². The number of carboxylic acids is 1. The Morgan fingerprint density at radius 2 is 1.83 bits per heavy atom. The SMILES string of the molecule is NC(C[C@@H]1CCCC[C@H]1CCP(=O)(O)O)C(=O)O. The zero-order chi connectivity index (χ0) is 13.8. The molecule has 0 heterocycles. The van der Waals surface area contributed by atoms with Gasteiger partial charge in [0.15, 0.2) is 0 Å². The van der Waals surface area contributed by atoms with Gasteiger partial charge in [0, 0.05) is 0 Å². The molecule has 1 fully saturated rings. The van der Waals surface area contributed by atoms with Crippen LogP contribution in [0.1, 0.15) is 38.5 Å². The Balaban J connectivity index is 2.51. The van der Waals surface area contributed by atoms with Gasteiger partial charge in [0.25, 0.3) is 0 Å². The minimum Gasteiger partial charge on any atom is -0.480 e. The summed E-state index contributed by atoms with van der Waals surface area (Å²) in [5.74, 6) is -0.637. The maximum absolute atomic E-state index is 10.9. The molecule has 0 aromatic heterocycles. The third kappa shape index (κ3) is 5.48. The molecule has 0 amide bonds. The van der Waals surface area contributed by atoms with E-state index in [-0.39, 0.29) is 18.0 Å². The molecular formula is C11H22NO5P. The summed E-state index contributed by atoms with van der Waals surface area (Å²) >= 11 is 0. The van der Waals surface area contributed by atoms with Crippen LogP contribution in [0.5, 0.6) is 0 Å². The van der Waals surface area contributed by atoms with Gasteiger partial charge in [0.2, 0.25) is 0 Å². The molecule has 106 valence electrons. The number of rotatable bonds is 6. The van der Waals surface area contributed by atoms with Crippen molar-refractivity contribution in [2.45, 2.75) is 44.6 Å². The predicted molar refractivity (Wildman–Crippen MR) is 67.2 cm³/mol. The minimum absolute atomic E-state index is 0.115. The summed E-state index contributed by atoms with van der Waals surface area (Å²) in [7, 11) is -3.96. The van der Waals surface area contributed by atoms with Gasteiger partial charge in [-0.1, -0.05) is 25.7 Å². The summed E-state index contributed by atoms with van der Waals surface area (Å²) in [6, 6.07) is -0.870. The van der Waals surface area contributed by atoms with Crippen LogP contribution in [-0.4, -0.2) is 33.1 Å². The van der Waals surface area contributed by atoms with Crippen LogP contribution in [0.4, 0.5) is 0 Å². The smallest absolute Gasteiger partial charge is 0.325 e. The molecule has 5 N–H and O–H groups in total. The molecule has 6 nitrogen and oxygen atoms in total. The molecule has 1 aliphatic carbocycles. The fraction of sp³-hybridized carbons (Fsp3) is 0.909. The Hall–Kier alpha value is -0.420. The van der Waals surface area contributed by atoms with Crippen molar-refractivity contribution in [3.63, 3.8) is 0 Å². The number of hydrogen-bond acceptors (Lipinski definition) is 3. The Labute approximate surface area is 107 Å². The van der Waals surface area contributed by atoms with Crippen molar-refractivity contribution < 1.29 is 24.3 Å². The van der Waals surface area contributed by atoms with E-state index in [1.54, 1.807) is 0 Å². The number of hydrogen-bond donors (Lipinski definition) is 4. The lowest BCUT2D eigenvalue weighted by Gasteiger charge is -2.32. The number of carboxylic acid groups (broad SMARTS) is 1. The Morgan fingerprint density at radius 1 is 1.28 bits per heavy atom. The molecule has 0 aromatic carbocycles. The fourth-order valence-corrected chi connectivity index (χ4v) is 3.40. The summed E-state index contributed by atoms with van der Waals surface area (Å²) in [6.45, 7) is 0. The quantitative estimate of drug-likeness (QED) is 0.541. The molecule has 0 radical (unpaired) electrons. The van der Waals surface area contributed by atoms with E-state index in [1.165, 1.54) is 0 Å². The molecule has 0 aromatic rings. The number of carbonyl (C=O) groups is 1. The van der Waals surface area contributed by atoms with Crippen molar-refractivity contribution in [3.05, 3.63) is 0 Å². The second-order valence-electron chi connectivity index (χ2n) is 5.16. The molecule has 1 saturated carbocycles. The van der Waals surface area contributed by atoms with Crippen LogP contribution in [0.2, 0.25) is 0 Å². The molecule has 0 aliphatic heterocycles. The lowest BCUT2D eigenvalue weighted by molar-refractivity contribution is -0.139. The molecule has 1 rings (SSSR count). The molecule has 7 heteroatoms. The standard InChI is InChI=1S/C11H22NO5P/c12-10(11(13)14)7-9-4-2-1-3-8(9)5-6-18(15,16)17/h8-10H,1-7,12H2,(H,13,14)(H2,15,16,17)/t8-,9-,10?/m0/s1. The predicted octanol–water partition coefficient (Wildman–Crippen LogP) is 1.16. The van der Waals surface area contributed by atoms with Crippen LogP contribution in [-0.2, 0) is 9.36 Å². The van der Waals surface area contributed by atoms with Gasteiger partial charge in [-0.05, 0) is 24.7 Å². The van der Waals surface area contributed by atoms with E-state index in [0.29, 0.717) is 12.8 Å². The molecule has 1 unspecified atom stereocenters. The van der Waals surface area contributed by atoms with E-state index in [2.05, 4.69) is 0 Å². The maximum Gasteiger partial charge on any atom is 0.325 e. The second-order valence-corrected chi connectivity index (χ2v) is 6.94. The minimum atomic E-state index is -3.96. The average molecular weight is 279 g/mol. The molecule has 3 atom stereocenters. The highest BCUT2D eigenvalue weighted by Crippen LogP contribution is 2.41.